The second-order valence-electron chi connectivity index (χ2n) is 15.5. The molecule has 0 amide bonds. The number of nitrogens with zero attached hydrogens (tertiary/aromatic N) is 1. The average Bonchev–Trinajstić information content (AvgIpc) is 3.72. The van der Waals surface area contributed by atoms with Gasteiger partial charge in [-0.05, 0) is 116 Å². The Labute approximate surface area is 321 Å². The summed E-state index contributed by atoms with van der Waals surface area (Å²) in [6.07, 6.45) is 9.14. The molecule has 2 aliphatic rings. The molecule has 8 aromatic carbocycles. The fraction of sp³-hybridized carbons (Fsp3) is 0.0943. The maximum absolute atomic E-state index is 6.91. The summed E-state index contributed by atoms with van der Waals surface area (Å²) in [5.41, 5.74) is 15.4. The molecule has 0 saturated heterocycles. The van der Waals surface area contributed by atoms with Gasteiger partial charge in [-0.2, -0.15) is 0 Å². The van der Waals surface area contributed by atoms with Gasteiger partial charge in [-0.25, -0.2) is 0 Å². The lowest BCUT2D eigenvalue weighted by Crippen LogP contribution is -2.16. The third kappa shape index (κ3) is 4.88. The van der Waals surface area contributed by atoms with Crippen molar-refractivity contribution in [3.05, 3.63) is 193 Å². The lowest BCUT2D eigenvalue weighted by Gasteiger charge is -2.28. The summed E-state index contributed by atoms with van der Waals surface area (Å²) in [4.78, 5) is 2.36. The van der Waals surface area contributed by atoms with Crippen LogP contribution in [0.15, 0.2) is 180 Å². The zero-order valence-corrected chi connectivity index (χ0v) is 31.0. The third-order valence-electron chi connectivity index (χ3n) is 12.1. The minimum Gasteiger partial charge on any atom is -0.455 e. The predicted octanol–water partition coefficient (Wildman–Crippen LogP) is 15.1. The topological polar surface area (TPSA) is 16.4 Å². The largest absolute Gasteiger partial charge is 0.455 e. The van der Waals surface area contributed by atoms with Crippen LogP contribution in [0.5, 0.6) is 0 Å². The van der Waals surface area contributed by atoms with E-state index >= 15 is 0 Å². The Morgan fingerprint density at radius 1 is 0.455 bits per heavy atom. The first-order chi connectivity index (χ1) is 27.0. The van der Waals surface area contributed by atoms with Gasteiger partial charge in [0.15, 0.2) is 0 Å². The number of para-hydroxylation sites is 1. The number of hydrogen-bond donors (Lipinski definition) is 0. The highest BCUT2D eigenvalue weighted by Crippen LogP contribution is 2.51. The number of hydrogen-bond acceptors (Lipinski definition) is 2. The Bertz CT molecular complexity index is 3070. The molecule has 0 spiro atoms. The van der Waals surface area contributed by atoms with E-state index in [2.05, 4.69) is 195 Å². The van der Waals surface area contributed by atoms with E-state index in [1.807, 2.05) is 0 Å². The number of furan rings is 1. The standard InChI is InChI=1S/C53H39NO/c1-53(2)49-24-14-13-22-43(49)44-27-25-36(31-50(44)53)54(35-17-7-4-8-18-35)37-26-28-45-48-33-47(41-21-11-12-23-46(41)52(48)55-51(45)32-37)42-30-29-38(34-15-5-3-6-16-34)39-19-9-10-20-40(39)42/h4-5,7-33H,3,6H2,1-2H3. The van der Waals surface area contributed by atoms with Crippen molar-refractivity contribution in [3.8, 4) is 22.3 Å². The van der Waals surface area contributed by atoms with Crippen LogP contribution in [0.2, 0.25) is 0 Å². The molecule has 0 atom stereocenters. The molecule has 0 radical (unpaired) electrons. The van der Waals surface area contributed by atoms with Crippen molar-refractivity contribution in [2.45, 2.75) is 32.1 Å². The molecule has 9 aromatic rings. The quantitative estimate of drug-likeness (QED) is 0.177. The minimum absolute atomic E-state index is 0.0956. The highest BCUT2D eigenvalue weighted by Gasteiger charge is 2.35. The third-order valence-corrected chi connectivity index (χ3v) is 12.1. The molecule has 0 unspecified atom stereocenters. The number of rotatable bonds is 5. The summed E-state index contributed by atoms with van der Waals surface area (Å²) in [7, 11) is 0. The summed E-state index contributed by atoms with van der Waals surface area (Å²) in [6, 6.07) is 57.8. The first-order valence-electron chi connectivity index (χ1n) is 19.4. The summed E-state index contributed by atoms with van der Waals surface area (Å²) in [5, 5.41) is 7.10. The summed E-state index contributed by atoms with van der Waals surface area (Å²) < 4.78 is 6.91. The smallest absolute Gasteiger partial charge is 0.143 e. The molecule has 55 heavy (non-hydrogen) atoms. The van der Waals surface area contributed by atoms with Gasteiger partial charge in [-0.1, -0.05) is 141 Å². The van der Waals surface area contributed by atoms with Crippen LogP contribution in [0, 0.1) is 0 Å². The van der Waals surface area contributed by atoms with Crippen LogP contribution in [-0.2, 0) is 5.41 Å². The van der Waals surface area contributed by atoms with Crippen molar-refractivity contribution in [2.24, 2.45) is 0 Å². The number of benzene rings is 8. The van der Waals surface area contributed by atoms with Crippen LogP contribution in [0.4, 0.5) is 17.1 Å². The SMILES string of the molecule is CC1(C)c2ccccc2-c2ccc(N(c3ccccc3)c3ccc4c(c3)oc3c5ccccc5c(-c5ccc(C6=CCCC=C6)c6ccccc56)cc43)cc21. The first-order valence-corrected chi connectivity index (χ1v) is 19.4. The summed E-state index contributed by atoms with van der Waals surface area (Å²) in [6.45, 7) is 4.69. The van der Waals surface area contributed by atoms with Crippen LogP contribution < -0.4 is 4.90 Å². The maximum Gasteiger partial charge on any atom is 0.143 e. The highest BCUT2D eigenvalue weighted by molar-refractivity contribution is 6.21. The Balaban J connectivity index is 1.09. The highest BCUT2D eigenvalue weighted by atomic mass is 16.3. The van der Waals surface area contributed by atoms with Crippen molar-refractivity contribution in [2.75, 3.05) is 4.90 Å². The van der Waals surface area contributed by atoms with E-state index < -0.39 is 0 Å². The van der Waals surface area contributed by atoms with Gasteiger partial charge in [0, 0.05) is 44.7 Å². The van der Waals surface area contributed by atoms with Crippen molar-refractivity contribution in [1.29, 1.82) is 0 Å². The van der Waals surface area contributed by atoms with Gasteiger partial charge in [0.1, 0.15) is 11.2 Å². The van der Waals surface area contributed by atoms with E-state index in [1.165, 1.54) is 60.7 Å². The average molecular weight is 706 g/mol. The van der Waals surface area contributed by atoms with Crippen molar-refractivity contribution in [3.63, 3.8) is 0 Å². The summed E-state index contributed by atoms with van der Waals surface area (Å²) >= 11 is 0. The van der Waals surface area contributed by atoms with Crippen LogP contribution in [-0.4, -0.2) is 0 Å². The molecule has 11 rings (SSSR count). The van der Waals surface area contributed by atoms with Gasteiger partial charge in [-0.15, -0.1) is 0 Å². The molecule has 0 aliphatic heterocycles. The van der Waals surface area contributed by atoms with E-state index in [1.54, 1.807) is 0 Å². The molecule has 2 nitrogen and oxygen atoms in total. The van der Waals surface area contributed by atoms with Gasteiger partial charge >= 0.3 is 0 Å². The fourth-order valence-corrected chi connectivity index (χ4v) is 9.40. The van der Waals surface area contributed by atoms with E-state index in [0.717, 1.165) is 57.2 Å². The molecule has 2 heteroatoms. The molecule has 2 aliphatic carbocycles. The molecule has 0 N–H and O–H groups in total. The molecular weight excluding hydrogens is 667 g/mol. The zero-order chi connectivity index (χ0) is 36.7. The van der Waals surface area contributed by atoms with Crippen LogP contribution in [0.3, 0.4) is 0 Å². The van der Waals surface area contributed by atoms with Gasteiger partial charge in [0.25, 0.3) is 0 Å². The van der Waals surface area contributed by atoms with E-state index in [4.69, 9.17) is 4.42 Å². The molecule has 1 aromatic heterocycles. The minimum atomic E-state index is -0.0956. The number of anilines is 3. The Hall–Kier alpha value is -6.64. The normalized spacial score (nSPS) is 14.4. The van der Waals surface area contributed by atoms with Gasteiger partial charge in [0.05, 0.1) is 0 Å². The second kappa shape index (κ2) is 12.2. The molecule has 0 fully saturated rings. The maximum atomic E-state index is 6.91. The number of allylic oxidation sites excluding steroid dienone is 4. The molecule has 262 valence electrons. The van der Waals surface area contributed by atoms with Gasteiger partial charge in [-0.3, -0.25) is 0 Å². The monoisotopic (exact) mass is 705 g/mol. The molecule has 0 bridgehead atoms. The summed E-state index contributed by atoms with van der Waals surface area (Å²) in [5.74, 6) is 0. The predicted molar refractivity (Wildman–Crippen MR) is 233 cm³/mol. The molecular formula is C53H39NO. The zero-order valence-electron chi connectivity index (χ0n) is 31.0. The van der Waals surface area contributed by atoms with Crippen molar-refractivity contribution >= 4 is 66.1 Å². The van der Waals surface area contributed by atoms with Crippen LogP contribution in [0.1, 0.15) is 43.4 Å². The van der Waals surface area contributed by atoms with Gasteiger partial charge < -0.3 is 9.32 Å². The van der Waals surface area contributed by atoms with Crippen molar-refractivity contribution < 1.29 is 4.42 Å². The van der Waals surface area contributed by atoms with E-state index in [9.17, 15) is 0 Å². The Morgan fingerprint density at radius 3 is 1.89 bits per heavy atom. The Morgan fingerprint density at radius 2 is 1.09 bits per heavy atom. The second-order valence-corrected chi connectivity index (χ2v) is 15.5. The van der Waals surface area contributed by atoms with Crippen LogP contribution >= 0.6 is 0 Å². The Kier molecular flexibility index (Phi) is 7.06. The fourth-order valence-electron chi connectivity index (χ4n) is 9.40. The lowest BCUT2D eigenvalue weighted by molar-refractivity contribution is 0.660. The first kappa shape index (κ1) is 31.8. The van der Waals surface area contributed by atoms with Crippen LogP contribution in [0.25, 0.3) is 71.3 Å². The van der Waals surface area contributed by atoms with E-state index in [0.29, 0.717) is 0 Å². The molecule has 1 heterocycles. The number of fused-ring (bicyclic) bond motifs is 9. The molecule has 0 saturated carbocycles. The van der Waals surface area contributed by atoms with Gasteiger partial charge in [0.2, 0.25) is 0 Å². The lowest BCUT2D eigenvalue weighted by atomic mass is 9.82. The van der Waals surface area contributed by atoms with Crippen molar-refractivity contribution in [1.82, 2.24) is 0 Å². The van der Waals surface area contributed by atoms with E-state index in [-0.39, 0.29) is 5.41 Å².